The van der Waals surface area contributed by atoms with Gasteiger partial charge in [0.15, 0.2) is 11.5 Å². The zero-order valence-corrected chi connectivity index (χ0v) is 11.8. The number of para-hydroxylation sites is 1. The van der Waals surface area contributed by atoms with E-state index < -0.39 is 0 Å². The number of nitrogens with one attached hydrogen (secondary N) is 2. The molecule has 0 bridgehead atoms. The van der Waals surface area contributed by atoms with Crippen LogP contribution in [0.25, 0.3) is 0 Å². The first-order valence-corrected chi connectivity index (χ1v) is 6.94. The van der Waals surface area contributed by atoms with Crippen LogP contribution in [0.15, 0.2) is 35.4 Å². The third-order valence-corrected chi connectivity index (χ3v) is 3.24. The number of fused-ring (bicyclic) bond motifs is 1. The lowest BCUT2D eigenvalue weighted by molar-refractivity contribution is 0.0943. The molecule has 0 unspecified atom stereocenters. The van der Waals surface area contributed by atoms with Gasteiger partial charge in [0.1, 0.15) is 13.2 Å². The Kier molecular flexibility index (Phi) is 4.04. The van der Waals surface area contributed by atoms with Crippen LogP contribution in [0.2, 0.25) is 0 Å². The number of amides is 1. The fraction of sp³-hybridized carbons (Fsp3) is 0.267. The van der Waals surface area contributed by atoms with Crippen molar-refractivity contribution in [3.8, 4) is 11.5 Å². The van der Waals surface area contributed by atoms with E-state index in [-0.39, 0.29) is 11.6 Å². The molecule has 0 saturated heterocycles. The van der Waals surface area contributed by atoms with Crippen molar-refractivity contribution in [2.24, 2.45) is 0 Å². The van der Waals surface area contributed by atoms with Crippen molar-refractivity contribution in [3.63, 3.8) is 0 Å². The molecular weight excluding hydrogens is 286 g/mol. The molecule has 0 aliphatic carbocycles. The lowest BCUT2D eigenvalue weighted by Crippen LogP contribution is -2.27. The monoisotopic (exact) mass is 301 g/mol. The zero-order chi connectivity index (χ0) is 15.4. The van der Waals surface area contributed by atoms with Crippen molar-refractivity contribution in [1.29, 1.82) is 0 Å². The fourth-order valence-electron chi connectivity index (χ4n) is 2.18. The van der Waals surface area contributed by atoms with Crippen molar-refractivity contribution in [1.82, 2.24) is 15.3 Å². The number of hydrogen-bond acceptors (Lipinski definition) is 5. The Morgan fingerprint density at radius 2 is 2.18 bits per heavy atom. The highest BCUT2D eigenvalue weighted by Gasteiger charge is 2.19. The van der Waals surface area contributed by atoms with Gasteiger partial charge in [-0.25, -0.2) is 9.78 Å². The van der Waals surface area contributed by atoms with E-state index >= 15 is 0 Å². The van der Waals surface area contributed by atoms with Gasteiger partial charge in [-0.15, -0.1) is 0 Å². The van der Waals surface area contributed by atoms with Gasteiger partial charge in [0.05, 0.1) is 5.56 Å². The maximum atomic E-state index is 12.2. The maximum absolute atomic E-state index is 12.2. The predicted octanol–water partition coefficient (Wildman–Crippen LogP) is 0.514. The number of ether oxygens (including phenoxy) is 2. The molecule has 2 aromatic rings. The minimum absolute atomic E-state index is 0.222. The van der Waals surface area contributed by atoms with E-state index in [0.29, 0.717) is 43.2 Å². The van der Waals surface area contributed by atoms with Gasteiger partial charge in [-0.2, -0.15) is 0 Å². The number of benzene rings is 1. The molecule has 0 atom stereocenters. The summed E-state index contributed by atoms with van der Waals surface area (Å²) in [4.78, 5) is 29.2. The van der Waals surface area contributed by atoms with E-state index in [0.717, 1.165) is 5.56 Å². The molecule has 2 N–H and O–H groups in total. The lowest BCUT2D eigenvalue weighted by Gasteiger charge is -2.20. The Morgan fingerprint density at radius 1 is 1.32 bits per heavy atom. The third-order valence-electron chi connectivity index (χ3n) is 3.24. The van der Waals surface area contributed by atoms with Crippen molar-refractivity contribution < 1.29 is 14.3 Å². The maximum Gasteiger partial charge on any atom is 0.344 e. The largest absolute Gasteiger partial charge is 0.486 e. The number of nitrogens with zero attached hydrogens (tertiary/aromatic N) is 1. The first-order valence-electron chi connectivity index (χ1n) is 6.94. The van der Waals surface area contributed by atoms with Gasteiger partial charge in [0.25, 0.3) is 5.91 Å². The minimum Gasteiger partial charge on any atom is -0.486 e. The van der Waals surface area contributed by atoms with E-state index in [4.69, 9.17) is 9.47 Å². The van der Waals surface area contributed by atoms with Crippen LogP contribution in [0, 0.1) is 0 Å². The van der Waals surface area contributed by atoms with Crippen LogP contribution in [0.3, 0.4) is 0 Å². The Balaban J connectivity index is 1.63. The Bertz CT molecular complexity index is 721. The molecule has 1 aromatic carbocycles. The van der Waals surface area contributed by atoms with Crippen LogP contribution in [0.4, 0.5) is 0 Å². The molecule has 7 heteroatoms. The van der Waals surface area contributed by atoms with E-state index in [1.54, 1.807) is 24.4 Å². The van der Waals surface area contributed by atoms with E-state index in [1.807, 2.05) is 0 Å². The van der Waals surface area contributed by atoms with Crippen molar-refractivity contribution in [3.05, 3.63) is 52.2 Å². The summed E-state index contributed by atoms with van der Waals surface area (Å²) in [6.45, 7) is 1.34. The summed E-state index contributed by atoms with van der Waals surface area (Å²) in [5.74, 6) is 0.848. The molecular formula is C15H15N3O4. The van der Waals surface area contributed by atoms with Crippen LogP contribution in [-0.2, 0) is 6.42 Å². The summed E-state index contributed by atoms with van der Waals surface area (Å²) in [6.07, 6.45) is 3.65. The number of carbonyl (C=O) groups excluding carboxylic acids is 1. The highest BCUT2D eigenvalue weighted by Crippen LogP contribution is 2.33. The SMILES string of the molecule is O=C(NCCc1cnc(=O)[nH]c1)c1cccc2c1OCCO2. The number of aromatic nitrogens is 2. The zero-order valence-electron chi connectivity index (χ0n) is 11.8. The lowest BCUT2D eigenvalue weighted by atomic mass is 10.1. The normalized spacial score (nSPS) is 12.7. The minimum atomic E-state index is -0.388. The molecule has 0 spiro atoms. The van der Waals surface area contributed by atoms with Gasteiger partial charge in [-0.3, -0.25) is 4.79 Å². The second-order valence-corrected chi connectivity index (χ2v) is 4.76. The number of rotatable bonds is 4. The highest BCUT2D eigenvalue weighted by molar-refractivity contribution is 5.97. The summed E-state index contributed by atoms with van der Waals surface area (Å²) in [5.41, 5.74) is 0.909. The first-order chi connectivity index (χ1) is 10.7. The van der Waals surface area contributed by atoms with Gasteiger partial charge in [-0.1, -0.05) is 6.07 Å². The van der Waals surface area contributed by atoms with Crippen LogP contribution >= 0.6 is 0 Å². The van der Waals surface area contributed by atoms with E-state index in [1.165, 1.54) is 6.20 Å². The topological polar surface area (TPSA) is 93.3 Å². The third kappa shape index (κ3) is 3.08. The average Bonchev–Trinajstić information content (AvgIpc) is 2.56. The summed E-state index contributed by atoms with van der Waals surface area (Å²) in [7, 11) is 0. The van der Waals surface area contributed by atoms with Gasteiger partial charge >= 0.3 is 5.69 Å². The van der Waals surface area contributed by atoms with Gasteiger partial charge in [-0.05, 0) is 24.1 Å². The van der Waals surface area contributed by atoms with E-state index in [9.17, 15) is 9.59 Å². The first kappa shape index (κ1) is 14.1. The number of H-pyrrole nitrogens is 1. The standard InChI is InChI=1S/C15H15N3O4/c19-14(16-5-4-10-8-17-15(20)18-9-10)11-2-1-3-12-13(11)22-7-6-21-12/h1-3,8-9H,4-7H2,(H,16,19)(H,17,18,20). The second kappa shape index (κ2) is 6.30. The van der Waals surface area contributed by atoms with Gasteiger partial charge in [0.2, 0.25) is 0 Å². The second-order valence-electron chi connectivity index (χ2n) is 4.76. The Hall–Kier alpha value is -2.83. The predicted molar refractivity (Wildman–Crippen MR) is 78.3 cm³/mol. The summed E-state index contributed by atoms with van der Waals surface area (Å²) in [6, 6.07) is 5.23. The molecule has 114 valence electrons. The molecule has 2 heterocycles. The number of aromatic amines is 1. The number of carbonyl (C=O) groups is 1. The van der Waals surface area contributed by atoms with Crippen molar-refractivity contribution in [2.45, 2.75) is 6.42 Å². The average molecular weight is 301 g/mol. The smallest absolute Gasteiger partial charge is 0.344 e. The molecule has 0 radical (unpaired) electrons. The molecule has 3 rings (SSSR count). The fourth-order valence-corrected chi connectivity index (χ4v) is 2.18. The summed E-state index contributed by atoms with van der Waals surface area (Å²) >= 11 is 0. The summed E-state index contributed by atoms with van der Waals surface area (Å²) < 4.78 is 11.0. The molecule has 1 aromatic heterocycles. The van der Waals surface area contributed by atoms with Crippen molar-refractivity contribution in [2.75, 3.05) is 19.8 Å². The molecule has 1 aliphatic heterocycles. The molecule has 0 saturated carbocycles. The van der Waals surface area contributed by atoms with Crippen molar-refractivity contribution >= 4 is 5.91 Å². The molecule has 1 aliphatic rings. The Morgan fingerprint density at radius 3 is 3.00 bits per heavy atom. The van der Waals surface area contributed by atoms with Gasteiger partial charge < -0.3 is 19.8 Å². The molecule has 22 heavy (non-hydrogen) atoms. The van der Waals surface area contributed by atoms with Gasteiger partial charge in [0, 0.05) is 18.9 Å². The highest BCUT2D eigenvalue weighted by atomic mass is 16.6. The molecule has 0 fully saturated rings. The van der Waals surface area contributed by atoms with Crippen LogP contribution in [0.1, 0.15) is 15.9 Å². The van der Waals surface area contributed by atoms with Crippen LogP contribution in [-0.4, -0.2) is 35.6 Å². The quantitative estimate of drug-likeness (QED) is 0.858. The Labute approximate surface area is 126 Å². The molecule has 7 nitrogen and oxygen atoms in total. The van der Waals surface area contributed by atoms with Crippen LogP contribution < -0.4 is 20.5 Å². The summed E-state index contributed by atoms with van der Waals surface area (Å²) in [5, 5.41) is 2.82. The van der Waals surface area contributed by atoms with Crippen LogP contribution in [0.5, 0.6) is 11.5 Å². The van der Waals surface area contributed by atoms with E-state index in [2.05, 4.69) is 15.3 Å². The number of hydrogen-bond donors (Lipinski definition) is 2. The molecule has 1 amide bonds.